The summed E-state index contributed by atoms with van der Waals surface area (Å²) in [5.41, 5.74) is 8.20. The van der Waals surface area contributed by atoms with Gasteiger partial charge in [0.2, 0.25) is 5.91 Å². The molecule has 3 rings (SSSR count). The second-order valence-electron chi connectivity index (χ2n) is 7.47. The summed E-state index contributed by atoms with van der Waals surface area (Å²) in [5.74, 6) is 0.771. The standard InChI is InChI=1S/C21H30N4O.2ClH/c1-2-16-8-10-18(11-9-16)24-21(26)20(22)12-19-14-25(15-23-19)13-17-6-4-3-5-7-17;;/h3-7,14-16,18,20H,2,8-13,22H2,1H3,(H,24,26);2*1H/t16?,18?,20-;;/m0../s1. The van der Waals surface area contributed by atoms with Gasteiger partial charge in [-0.3, -0.25) is 4.79 Å². The molecule has 0 bridgehead atoms. The average Bonchev–Trinajstić information content (AvgIpc) is 3.10. The van der Waals surface area contributed by atoms with E-state index < -0.39 is 6.04 Å². The molecule has 1 aliphatic carbocycles. The Morgan fingerprint density at radius 3 is 2.54 bits per heavy atom. The first-order valence-electron chi connectivity index (χ1n) is 9.74. The third-order valence-corrected chi connectivity index (χ3v) is 5.43. The Bertz CT molecular complexity index is 699. The van der Waals surface area contributed by atoms with Crippen molar-refractivity contribution in [2.24, 2.45) is 11.7 Å². The molecule has 1 aromatic carbocycles. The van der Waals surface area contributed by atoms with E-state index in [0.29, 0.717) is 6.42 Å². The van der Waals surface area contributed by atoms with Crippen LogP contribution >= 0.6 is 24.8 Å². The van der Waals surface area contributed by atoms with Gasteiger partial charge in [-0.15, -0.1) is 24.8 Å². The van der Waals surface area contributed by atoms with Crippen molar-refractivity contribution in [2.75, 3.05) is 0 Å². The third-order valence-electron chi connectivity index (χ3n) is 5.43. The van der Waals surface area contributed by atoms with Gasteiger partial charge < -0.3 is 15.6 Å². The highest BCUT2D eigenvalue weighted by Gasteiger charge is 2.23. The van der Waals surface area contributed by atoms with Gasteiger partial charge in [0.15, 0.2) is 0 Å². The van der Waals surface area contributed by atoms with Gasteiger partial charge in [-0.2, -0.15) is 0 Å². The van der Waals surface area contributed by atoms with Gasteiger partial charge in [-0.25, -0.2) is 4.98 Å². The number of nitrogens with zero attached hydrogens (tertiary/aromatic N) is 2. The quantitative estimate of drug-likeness (QED) is 0.707. The van der Waals surface area contributed by atoms with Gasteiger partial charge in [-0.1, -0.05) is 43.7 Å². The van der Waals surface area contributed by atoms with Gasteiger partial charge in [0.1, 0.15) is 0 Å². The lowest BCUT2D eigenvalue weighted by Crippen LogP contribution is -2.47. The van der Waals surface area contributed by atoms with Crippen molar-refractivity contribution in [1.82, 2.24) is 14.9 Å². The van der Waals surface area contributed by atoms with E-state index in [1.807, 2.05) is 29.0 Å². The molecule has 5 nitrogen and oxygen atoms in total. The number of hydrogen-bond donors (Lipinski definition) is 2. The van der Waals surface area contributed by atoms with E-state index >= 15 is 0 Å². The molecule has 0 unspecified atom stereocenters. The van der Waals surface area contributed by atoms with Gasteiger partial charge >= 0.3 is 0 Å². The van der Waals surface area contributed by atoms with Crippen LogP contribution in [0.5, 0.6) is 0 Å². The van der Waals surface area contributed by atoms with Crippen molar-refractivity contribution >= 4 is 30.7 Å². The van der Waals surface area contributed by atoms with E-state index in [1.54, 1.807) is 6.33 Å². The summed E-state index contributed by atoms with van der Waals surface area (Å²) in [5, 5.41) is 3.13. The number of halogens is 2. The molecule has 0 saturated heterocycles. The molecule has 0 spiro atoms. The molecule has 1 fully saturated rings. The van der Waals surface area contributed by atoms with Gasteiger partial charge in [-0.05, 0) is 37.2 Å². The molecule has 7 heteroatoms. The van der Waals surface area contributed by atoms with Crippen LogP contribution in [0.15, 0.2) is 42.9 Å². The highest BCUT2D eigenvalue weighted by molar-refractivity contribution is 5.85. The van der Waals surface area contributed by atoms with Crippen molar-refractivity contribution in [1.29, 1.82) is 0 Å². The predicted molar refractivity (Wildman–Crippen MR) is 118 cm³/mol. The molecule has 28 heavy (non-hydrogen) atoms. The van der Waals surface area contributed by atoms with Crippen LogP contribution in [-0.2, 0) is 17.8 Å². The Labute approximate surface area is 180 Å². The molecule has 1 saturated carbocycles. The molecule has 1 heterocycles. The number of hydrogen-bond acceptors (Lipinski definition) is 3. The highest BCUT2D eigenvalue weighted by atomic mass is 35.5. The van der Waals surface area contributed by atoms with E-state index in [0.717, 1.165) is 31.0 Å². The topological polar surface area (TPSA) is 72.9 Å². The fraction of sp³-hybridized carbons (Fsp3) is 0.524. The molecule has 0 aliphatic heterocycles. The minimum absolute atomic E-state index is 0. The fourth-order valence-electron chi connectivity index (χ4n) is 3.73. The van der Waals surface area contributed by atoms with E-state index in [1.165, 1.54) is 24.8 Å². The number of aromatic nitrogens is 2. The predicted octanol–water partition coefficient (Wildman–Crippen LogP) is 3.73. The summed E-state index contributed by atoms with van der Waals surface area (Å²) in [4.78, 5) is 16.8. The van der Waals surface area contributed by atoms with Gasteiger partial charge in [0, 0.05) is 25.2 Å². The van der Waals surface area contributed by atoms with Crippen molar-refractivity contribution in [2.45, 2.75) is 64.1 Å². The highest BCUT2D eigenvalue weighted by Crippen LogP contribution is 2.26. The van der Waals surface area contributed by atoms with Gasteiger partial charge in [0.05, 0.1) is 18.1 Å². The lowest BCUT2D eigenvalue weighted by atomic mass is 9.84. The largest absolute Gasteiger partial charge is 0.352 e. The number of benzene rings is 1. The summed E-state index contributed by atoms with van der Waals surface area (Å²) >= 11 is 0. The zero-order chi connectivity index (χ0) is 18.4. The molecule has 0 radical (unpaired) electrons. The third kappa shape index (κ3) is 7.12. The number of amides is 1. The van der Waals surface area contributed by atoms with Crippen LogP contribution in [0.3, 0.4) is 0 Å². The van der Waals surface area contributed by atoms with Crippen molar-refractivity contribution < 1.29 is 4.79 Å². The monoisotopic (exact) mass is 426 g/mol. The van der Waals surface area contributed by atoms with Crippen LogP contribution in [0.2, 0.25) is 0 Å². The van der Waals surface area contributed by atoms with Crippen LogP contribution in [-0.4, -0.2) is 27.5 Å². The molecule has 1 aromatic heterocycles. The van der Waals surface area contributed by atoms with Crippen LogP contribution in [0, 0.1) is 5.92 Å². The second kappa shape index (κ2) is 12.1. The van der Waals surface area contributed by atoms with E-state index in [9.17, 15) is 4.79 Å². The number of rotatable bonds is 7. The molecular formula is C21H32Cl2N4O. The molecule has 3 N–H and O–H groups in total. The number of carbonyl (C=O) groups is 1. The smallest absolute Gasteiger partial charge is 0.237 e. The number of carbonyl (C=O) groups excluding carboxylic acids is 1. The molecule has 156 valence electrons. The number of nitrogens with one attached hydrogen (secondary N) is 1. The van der Waals surface area contributed by atoms with Crippen LogP contribution in [0.4, 0.5) is 0 Å². The maximum Gasteiger partial charge on any atom is 0.237 e. The number of imidazole rings is 1. The van der Waals surface area contributed by atoms with Crippen molar-refractivity contribution in [3.8, 4) is 0 Å². The Kier molecular flexibility index (Phi) is 10.6. The van der Waals surface area contributed by atoms with Crippen molar-refractivity contribution in [3.63, 3.8) is 0 Å². The van der Waals surface area contributed by atoms with Crippen molar-refractivity contribution in [3.05, 3.63) is 54.1 Å². The van der Waals surface area contributed by atoms with E-state index in [4.69, 9.17) is 5.73 Å². The lowest BCUT2D eigenvalue weighted by Gasteiger charge is -2.29. The molecule has 2 aromatic rings. The van der Waals surface area contributed by atoms with Crippen LogP contribution < -0.4 is 11.1 Å². The Morgan fingerprint density at radius 1 is 1.21 bits per heavy atom. The Morgan fingerprint density at radius 2 is 1.89 bits per heavy atom. The maximum atomic E-state index is 12.4. The zero-order valence-electron chi connectivity index (χ0n) is 16.4. The van der Waals surface area contributed by atoms with Crippen LogP contribution in [0.25, 0.3) is 0 Å². The average molecular weight is 427 g/mol. The first-order chi connectivity index (χ1) is 12.6. The summed E-state index contributed by atoms with van der Waals surface area (Å²) in [7, 11) is 0. The maximum absolute atomic E-state index is 12.4. The van der Waals surface area contributed by atoms with E-state index in [-0.39, 0.29) is 36.8 Å². The minimum Gasteiger partial charge on any atom is -0.352 e. The SMILES string of the molecule is CCC1CCC(NC(=O)[C@@H](N)Cc2cn(Cc3ccccc3)cn2)CC1.Cl.Cl. The number of nitrogens with two attached hydrogens (primary N) is 1. The minimum atomic E-state index is -0.543. The zero-order valence-corrected chi connectivity index (χ0v) is 18.1. The summed E-state index contributed by atoms with van der Waals surface area (Å²) in [6, 6.07) is 9.99. The second-order valence-corrected chi connectivity index (χ2v) is 7.47. The molecule has 1 amide bonds. The summed E-state index contributed by atoms with van der Waals surface area (Å²) in [6.07, 6.45) is 10.1. The van der Waals surface area contributed by atoms with E-state index in [2.05, 4.69) is 29.4 Å². The van der Waals surface area contributed by atoms with Crippen LogP contribution in [0.1, 0.15) is 50.3 Å². The Hall–Kier alpha value is -1.56. The fourth-order valence-corrected chi connectivity index (χ4v) is 3.73. The molecular weight excluding hydrogens is 395 g/mol. The summed E-state index contributed by atoms with van der Waals surface area (Å²) in [6.45, 7) is 3.02. The lowest BCUT2D eigenvalue weighted by molar-refractivity contribution is -0.123. The first kappa shape index (κ1) is 24.5. The summed E-state index contributed by atoms with van der Waals surface area (Å²) < 4.78 is 2.03. The van der Waals surface area contributed by atoms with Gasteiger partial charge in [0.25, 0.3) is 0 Å². The molecule has 1 aliphatic rings. The Balaban J connectivity index is 0.00000196. The normalized spacial score (nSPS) is 19.8. The molecule has 1 atom stereocenters. The first-order valence-corrected chi connectivity index (χ1v) is 9.74.